The number of benzene rings is 2. The molecule has 0 aromatic heterocycles. The lowest BCUT2D eigenvalue weighted by Crippen LogP contribution is -3.04. The van der Waals surface area contributed by atoms with E-state index in [4.69, 9.17) is 0 Å². The molecule has 0 fully saturated rings. The van der Waals surface area contributed by atoms with Gasteiger partial charge < -0.3 is 10.2 Å². The third kappa shape index (κ3) is 6.30. The number of rotatable bonds is 7. The van der Waals surface area contributed by atoms with E-state index < -0.39 is 0 Å². The summed E-state index contributed by atoms with van der Waals surface area (Å²) in [5, 5.41) is 3.07. The fourth-order valence-corrected chi connectivity index (χ4v) is 2.99. The summed E-state index contributed by atoms with van der Waals surface area (Å²) < 4.78 is 0. The van der Waals surface area contributed by atoms with Gasteiger partial charge in [-0.25, -0.2) is 0 Å². The number of aryl methyl sites for hydroxylation is 1. The lowest BCUT2D eigenvalue weighted by atomic mass is 9.86. The highest BCUT2D eigenvalue weighted by atomic mass is 16.1. The van der Waals surface area contributed by atoms with Gasteiger partial charge in [0.2, 0.25) is 5.91 Å². The number of hydrogen-bond donors (Lipinski definition) is 2. The molecular weight excluding hydrogens is 320 g/mol. The first-order chi connectivity index (χ1) is 12.3. The average Bonchev–Trinajstić information content (AvgIpc) is 2.58. The van der Waals surface area contributed by atoms with Crippen molar-refractivity contribution in [2.45, 2.75) is 52.1 Å². The van der Waals surface area contributed by atoms with Gasteiger partial charge in [-0.2, -0.15) is 0 Å². The minimum Gasteiger partial charge on any atom is -0.352 e. The van der Waals surface area contributed by atoms with Crippen LogP contribution in [0.3, 0.4) is 0 Å². The molecule has 0 saturated carbocycles. The molecule has 1 amide bonds. The van der Waals surface area contributed by atoms with Gasteiger partial charge in [-0.05, 0) is 28.5 Å². The van der Waals surface area contributed by atoms with Gasteiger partial charge >= 0.3 is 0 Å². The van der Waals surface area contributed by atoms with Gasteiger partial charge in [-0.15, -0.1) is 0 Å². The third-order valence-corrected chi connectivity index (χ3v) is 4.60. The van der Waals surface area contributed by atoms with Crippen molar-refractivity contribution >= 4 is 5.91 Å². The van der Waals surface area contributed by atoms with E-state index in [0.29, 0.717) is 13.0 Å². The SMILES string of the molecule is C[NH+](C)Cc1ccccc1CNC(=O)CCc1ccc(C(C)(C)C)cc1. The topological polar surface area (TPSA) is 33.5 Å². The summed E-state index contributed by atoms with van der Waals surface area (Å²) in [5.74, 6) is 0.108. The van der Waals surface area contributed by atoms with Gasteiger partial charge in [0.05, 0.1) is 14.1 Å². The van der Waals surface area contributed by atoms with Crippen molar-refractivity contribution in [1.29, 1.82) is 0 Å². The van der Waals surface area contributed by atoms with Crippen LogP contribution in [0.25, 0.3) is 0 Å². The molecule has 0 bridgehead atoms. The Bertz CT molecular complexity index is 712. The van der Waals surface area contributed by atoms with Crippen molar-refractivity contribution < 1.29 is 9.69 Å². The Kier molecular flexibility index (Phi) is 6.98. The zero-order valence-electron chi connectivity index (χ0n) is 16.9. The lowest BCUT2D eigenvalue weighted by molar-refractivity contribution is -0.872. The number of carbonyl (C=O) groups excluding carboxylic acids is 1. The van der Waals surface area contributed by atoms with Crippen molar-refractivity contribution in [3.05, 3.63) is 70.8 Å². The first-order valence-corrected chi connectivity index (χ1v) is 9.47. The summed E-state index contributed by atoms with van der Waals surface area (Å²) in [7, 11) is 4.28. The van der Waals surface area contributed by atoms with Gasteiger partial charge in [0, 0.05) is 18.5 Å². The van der Waals surface area contributed by atoms with E-state index in [2.05, 4.69) is 82.6 Å². The molecule has 26 heavy (non-hydrogen) atoms. The highest BCUT2D eigenvalue weighted by molar-refractivity contribution is 5.76. The van der Waals surface area contributed by atoms with Crippen molar-refractivity contribution in [3.63, 3.8) is 0 Å². The van der Waals surface area contributed by atoms with E-state index in [1.807, 2.05) is 6.07 Å². The maximum atomic E-state index is 12.2. The van der Waals surface area contributed by atoms with Crippen LogP contribution in [0.1, 0.15) is 49.4 Å². The fraction of sp³-hybridized carbons (Fsp3) is 0.435. The predicted octanol–water partition coefficient (Wildman–Crippen LogP) is 2.88. The molecule has 2 aromatic carbocycles. The molecule has 2 N–H and O–H groups in total. The van der Waals surface area contributed by atoms with Gasteiger partial charge in [-0.1, -0.05) is 69.3 Å². The zero-order valence-corrected chi connectivity index (χ0v) is 16.9. The molecule has 0 unspecified atom stereocenters. The Hall–Kier alpha value is -2.13. The van der Waals surface area contributed by atoms with Crippen LogP contribution >= 0.6 is 0 Å². The van der Waals surface area contributed by atoms with Crippen LogP contribution in [0.2, 0.25) is 0 Å². The summed E-state index contributed by atoms with van der Waals surface area (Å²) in [6, 6.07) is 17.0. The van der Waals surface area contributed by atoms with Crippen molar-refractivity contribution in [2.24, 2.45) is 0 Å². The molecule has 0 aliphatic carbocycles. The largest absolute Gasteiger partial charge is 0.352 e. The molecule has 0 atom stereocenters. The third-order valence-electron chi connectivity index (χ3n) is 4.60. The van der Waals surface area contributed by atoms with Crippen LogP contribution in [0.15, 0.2) is 48.5 Å². The molecule has 0 saturated heterocycles. The minimum absolute atomic E-state index is 0.108. The zero-order chi connectivity index (χ0) is 19.2. The second-order valence-corrected chi connectivity index (χ2v) is 8.38. The highest BCUT2D eigenvalue weighted by Crippen LogP contribution is 2.22. The average molecular weight is 354 g/mol. The minimum atomic E-state index is 0.108. The lowest BCUT2D eigenvalue weighted by Gasteiger charge is -2.19. The molecule has 0 aliphatic rings. The van der Waals surface area contributed by atoms with Crippen molar-refractivity contribution in [2.75, 3.05) is 14.1 Å². The van der Waals surface area contributed by atoms with Crippen LogP contribution in [0.5, 0.6) is 0 Å². The van der Waals surface area contributed by atoms with E-state index in [0.717, 1.165) is 13.0 Å². The van der Waals surface area contributed by atoms with E-state index >= 15 is 0 Å². The quantitative estimate of drug-likeness (QED) is 0.788. The Balaban J connectivity index is 1.84. The van der Waals surface area contributed by atoms with Crippen LogP contribution < -0.4 is 10.2 Å². The molecule has 0 spiro atoms. The Morgan fingerprint density at radius 1 is 0.962 bits per heavy atom. The standard InChI is InChI=1S/C23H32N2O/c1-23(2,3)21-13-10-18(11-14-21)12-15-22(26)24-16-19-8-6-7-9-20(19)17-25(4)5/h6-11,13-14H,12,15-17H2,1-5H3,(H,24,26)/p+1. The molecule has 140 valence electrons. The van der Waals surface area contributed by atoms with Crippen LogP contribution in [-0.2, 0) is 29.7 Å². The maximum Gasteiger partial charge on any atom is 0.220 e. The number of hydrogen-bond acceptors (Lipinski definition) is 1. The Morgan fingerprint density at radius 3 is 2.15 bits per heavy atom. The summed E-state index contributed by atoms with van der Waals surface area (Å²) in [5.41, 5.74) is 5.20. The van der Waals surface area contributed by atoms with Gasteiger partial charge in [-0.3, -0.25) is 4.79 Å². The van der Waals surface area contributed by atoms with Gasteiger partial charge in [0.1, 0.15) is 6.54 Å². The summed E-state index contributed by atoms with van der Waals surface area (Å²) in [6.07, 6.45) is 1.30. The second kappa shape index (κ2) is 9.00. The molecule has 2 aromatic rings. The monoisotopic (exact) mass is 353 g/mol. The fourth-order valence-electron chi connectivity index (χ4n) is 2.99. The highest BCUT2D eigenvalue weighted by Gasteiger charge is 2.13. The smallest absolute Gasteiger partial charge is 0.220 e. The van der Waals surface area contributed by atoms with Crippen LogP contribution in [0, 0.1) is 0 Å². The van der Waals surface area contributed by atoms with E-state index in [9.17, 15) is 4.79 Å². The van der Waals surface area contributed by atoms with E-state index in [-0.39, 0.29) is 11.3 Å². The van der Waals surface area contributed by atoms with Gasteiger partial charge in [0.25, 0.3) is 0 Å². The molecule has 0 aliphatic heterocycles. The maximum absolute atomic E-state index is 12.2. The Morgan fingerprint density at radius 2 is 1.58 bits per heavy atom. The van der Waals surface area contributed by atoms with E-state index in [1.165, 1.54) is 27.2 Å². The normalized spacial score (nSPS) is 11.6. The molecule has 3 nitrogen and oxygen atoms in total. The first kappa shape index (κ1) is 20.2. The number of quaternary nitrogens is 1. The molecule has 0 heterocycles. The number of nitrogens with one attached hydrogen (secondary N) is 2. The Labute approximate surface area is 158 Å². The molecular formula is C23H33N2O+. The van der Waals surface area contributed by atoms with Crippen molar-refractivity contribution in [1.82, 2.24) is 5.32 Å². The van der Waals surface area contributed by atoms with Gasteiger partial charge in [0.15, 0.2) is 0 Å². The summed E-state index contributed by atoms with van der Waals surface area (Å²) in [6.45, 7) is 8.21. The van der Waals surface area contributed by atoms with Crippen LogP contribution in [-0.4, -0.2) is 20.0 Å². The number of carbonyl (C=O) groups is 1. The first-order valence-electron chi connectivity index (χ1n) is 9.47. The van der Waals surface area contributed by atoms with E-state index in [1.54, 1.807) is 0 Å². The van der Waals surface area contributed by atoms with Crippen molar-refractivity contribution in [3.8, 4) is 0 Å². The van der Waals surface area contributed by atoms with Crippen LogP contribution in [0.4, 0.5) is 0 Å². The molecule has 0 radical (unpaired) electrons. The molecule has 2 rings (SSSR count). The summed E-state index contributed by atoms with van der Waals surface area (Å²) in [4.78, 5) is 13.6. The molecule has 3 heteroatoms. The predicted molar refractivity (Wildman–Crippen MR) is 108 cm³/mol. The summed E-state index contributed by atoms with van der Waals surface area (Å²) >= 11 is 0. The second-order valence-electron chi connectivity index (χ2n) is 8.38. The number of amides is 1.